The lowest BCUT2D eigenvalue weighted by atomic mass is 9.85. The Labute approximate surface area is 160 Å². The monoisotopic (exact) mass is 365 g/mol. The van der Waals surface area contributed by atoms with Gasteiger partial charge in [0.1, 0.15) is 0 Å². The van der Waals surface area contributed by atoms with Crippen LogP contribution in [0, 0.1) is 20.8 Å². The largest absolute Gasteiger partial charge is 0.375 e. The van der Waals surface area contributed by atoms with Crippen molar-refractivity contribution in [3.63, 3.8) is 0 Å². The number of anilines is 1. The molecule has 0 saturated heterocycles. The molecule has 0 radical (unpaired) electrons. The number of fused-ring (bicyclic) bond motifs is 1. The first-order chi connectivity index (χ1) is 12.8. The molecule has 0 aliphatic carbocycles. The first-order valence-corrected chi connectivity index (χ1v) is 9.54. The maximum Gasteiger partial charge on any atom is 0.264 e. The molecular weight excluding hydrogens is 338 g/mol. The minimum absolute atomic E-state index is 0.201. The van der Waals surface area contributed by atoms with E-state index in [0.29, 0.717) is 23.4 Å². The summed E-state index contributed by atoms with van der Waals surface area (Å²) in [6.07, 6.45) is 1.56. The number of para-hydroxylation sites is 1. The van der Waals surface area contributed by atoms with E-state index in [2.05, 4.69) is 6.92 Å². The third-order valence-electron chi connectivity index (χ3n) is 5.35. The molecule has 1 amide bonds. The Morgan fingerprint density at radius 2 is 1.74 bits per heavy atom. The Balaban J connectivity index is 1.99. The zero-order valence-corrected chi connectivity index (χ0v) is 16.5. The third kappa shape index (κ3) is 3.30. The van der Waals surface area contributed by atoms with Crippen molar-refractivity contribution in [3.8, 4) is 0 Å². The van der Waals surface area contributed by atoms with Gasteiger partial charge < -0.3 is 10.0 Å². The molecule has 1 atom stereocenters. The summed E-state index contributed by atoms with van der Waals surface area (Å²) >= 11 is 0. The van der Waals surface area contributed by atoms with Gasteiger partial charge in [-0.2, -0.15) is 0 Å². The average Bonchev–Trinajstić information content (AvgIpc) is 2.80. The maximum atomic E-state index is 13.1. The van der Waals surface area contributed by atoms with Crippen molar-refractivity contribution in [1.82, 2.24) is 0 Å². The highest BCUT2D eigenvalue weighted by atomic mass is 16.3. The number of ketones is 1. The molecule has 0 fully saturated rings. The number of hydrogen-bond acceptors (Lipinski definition) is 3. The predicted octanol–water partition coefficient (Wildman–Crippen LogP) is 4.22. The number of amides is 1. The van der Waals surface area contributed by atoms with Gasteiger partial charge in [-0.1, -0.05) is 49.2 Å². The maximum absolute atomic E-state index is 13.1. The van der Waals surface area contributed by atoms with Crippen molar-refractivity contribution in [3.05, 3.63) is 64.2 Å². The topological polar surface area (TPSA) is 57.6 Å². The number of carbonyl (C=O) groups excluding carboxylic acids is 2. The Hall–Kier alpha value is -2.46. The normalized spacial score (nSPS) is 18.7. The smallest absolute Gasteiger partial charge is 0.264 e. The van der Waals surface area contributed by atoms with Crippen molar-refractivity contribution in [2.75, 3.05) is 11.4 Å². The summed E-state index contributed by atoms with van der Waals surface area (Å²) in [6, 6.07) is 11.2. The van der Waals surface area contributed by atoms with E-state index in [-0.39, 0.29) is 12.2 Å². The first kappa shape index (κ1) is 19.3. The van der Waals surface area contributed by atoms with Gasteiger partial charge in [-0.25, -0.2) is 0 Å². The lowest BCUT2D eigenvalue weighted by Gasteiger charge is -2.23. The van der Waals surface area contributed by atoms with E-state index < -0.39 is 11.5 Å². The fraction of sp³-hybridized carbons (Fsp3) is 0.391. The molecule has 3 rings (SSSR count). The van der Waals surface area contributed by atoms with Crippen LogP contribution in [0.3, 0.4) is 0 Å². The molecule has 1 unspecified atom stereocenters. The minimum atomic E-state index is -1.80. The molecule has 0 spiro atoms. The van der Waals surface area contributed by atoms with E-state index in [1.807, 2.05) is 45.0 Å². The summed E-state index contributed by atoms with van der Waals surface area (Å²) in [5.41, 5.74) is 2.89. The molecular formula is C23H27NO3. The lowest BCUT2D eigenvalue weighted by molar-refractivity contribution is -0.135. The number of aryl methyl sites for hydroxylation is 3. The molecule has 1 aliphatic heterocycles. The van der Waals surface area contributed by atoms with Crippen molar-refractivity contribution < 1.29 is 14.7 Å². The van der Waals surface area contributed by atoms with Crippen LogP contribution in [-0.4, -0.2) is 23.3 Å². The molecule has 1 aliphatic rings. The van der Waals surface area contributed by atoms with Gasteiger partial charge in [0.15, 0.2) is 11.4 Å². The van der Waals surface area contributed by atoms with E-state index in [0.717, 1.165) is 29.5 Å². The molecule has 4 nitrogen and oxygen atoms in total. The molecule has 0 bridgehead atoms. The Morgan fingerprint density at radius 3 is 2.37 bits per heavy atom. The number of unbranched alkanes of at least 4 members (excludes halogenated alkanes) is 1. The standard InChI is InChI=1S/C23H27NO3/c1-5-6-11-24-19-10-8-7-9-18(19)23(27,22(24)26)14-20(25)21-16(3)12-15(2)13-17(21)4/h7-10,12-13,27H,5-6,11,14H2,1-4H3. The fourth-order valence-electron chi connectivity index (χ4n) is 4.16. The summed E-state index contributed by atoms with van der Waals surface area (Å²) in [7, 11) is 0. The van der Waals surface area contributed by atoms with Gasteiger partial charge in [0, 0.05) is 17.7 Å². The lowest BCUT2D eigenvalue weighted by Crippen LogP contribution is -2.42. The fourth-order valence-corrected chi connectivity index (χ4v) is 4.16. The summed E-state index contributed by atoms with van der Waals surface area (Å²) in [6.45, 7) is 8.39. The molecule has 0 aromatic heterocycles. The first-order valence-electron chi connectivity index (χ1n) is 9.54. The highest BCUT2D eigenvalue weighted by molar-refractivity contribution is 6.11. The van der Waals surface area contributed by atoms with Crippen LogP contribution in [0.15, 0.2) is 36.4 Å². The molecule has 2 aromatic rings. The number of hydrogen-bond donors (Lipinski definition) is 1. The van der Waals surface area contributed by atoms with Crippen LogP contribution in [0.4, 0.5) is 5.69 Å². The molecule has 27 heavy (non-hydrogen) atoms. The summed E-state index contributed by atoms with van der Waals surface area (Å²) in [4.78, 5) is 27.8. The van der Waals surface area contributed by atoms with Gasteiger partial charge in [0.2, 0.25) is 0 Å². The number of carbonyl (C=O) groups is 2. The summed E-state index contributed by atoms with van der Waals surface area (Å²) in [5, 5.41) is 11.3. The number of rotatable bonds is 6. The second-order valence-corrected chi connectivity index (χ2v) is 7.56. The van der Waals surface area contributed by atoms with Gasteiger partial charge in [-0.15, -0.1) is 0 Å². The van der Waals surface area contributed by atoms with Gasteiger partial charge in [0.05, 0.1) is 12.1 Å². The van der Waals surface area contributed by atoms with Gasteiger partial charge in [0.25, 0.3) is 5.91 Å². The summed E-state index contributed by atoms with van der Waals surface area (Å²) < 4.78 is 0. The van der Waals surface area contributed by atoms with Crippen LogP contribution in [0.1, 0.15) is 58.8 Å². The highest BCUT2D eigenvalue weighted by Crippen LogP contribution is 2.43. The van der Waals surface area contributed by atoms with Gasteiger partial charge >= 0.3 is 0 Å². The molecule has 1 N–H and O–H groups in total. The molecule has 2 aromatic carbocycles. The van der Waals surface area contributed by atoms with Crippen molar-refractivity contribution in [1.29, 1.82) is 0 Å². The van der Waals surface area contributed by atoms with E-state index in [1.54, 1.807) is 17.0 Å². The van der Waals surface area contributed by atoms with E-state index in [1.165, 1.54) is 0 Å². The zero-order valence-electron chi connectivity index (χ0n) is 16.5. The predicted molar refractivity (Wildman–Crippen MR) is 107 cm³/mol. The minimum Gasteiger partial charge on any atom is -0.375 e. The highest BCUT2D eigenvalue weighted by Gasteiger charge is 2.50. The van der Waals surface area contributed by atoms with Crippen molar-refractivity contribution >= 4 is 17.4 Å². The van der Waals surface area contributed by atoms with Crippen LogP contribution in [0.25, 0.3) is 0 Å². The third-order valence-corrected chi connectivity index (χ3v) is 5.35. The number of nitrogens with zero attached hydrogens (tertiary/aromatic N) is 1. The van der Waals surface area contributed by atoms with Gasteiger partial charge in [-0.05, 0) is 44.4 Å². The van der Waals surface area contributed by atoms with Crippen molar-refractivity contribution in [2.45, 2.75) is 52.6 Å². The zero-order chi connectivity index (χ0) is 19.8. The van der Waals surface area contributed by atoms with Crippen LogP contribution in [0.2, 0.25) is 0 Å². The van der Waals surface area contributed by atoms with Crippen LogP contribution < -0.4 is 4.90 Å². The molecule has 1 heterocycles. The molecule has 0 saturated carbocycles. The Bertz CT molecular complexity index is 879. The Kier molecular flexibility index (Phi) is 5.20. The van der Waals surface area contributed by atoms with E-state index >= 15 is 0 Å². The van der Waals surface area contributed by atoms with Gasteiger partial charge in [-0.3, -0.25) is 9.59 Å². The van der Waals surface area contributed by atoms with Crippen molar-refractivity contribution in [2.24, 2.45) is 0 Å². The molecule has 142 valence electrons. The van der Waals surface area contributed by atoms with E-state index in [9.17, 15) is 14.7 Å². The second-order valence-electron chi connectivity index (χ2n) is 7.56. The number of Topliss-reactive ketones (excluding diaryl/α,β-unsaturated/α-hetero) is 1. The number of aliphatic hydroxyl groups is 1. The number of benzene rings is 2. The van der Waals surface area contributed by atoms with Crippen LogP contribution >= 0.6 is 0 Å². The van der Waals surface area contributed by atoms with E-state index in [4.69, 9.17) is 0 Å². The average molecular weight is 365 g/mol. The SMILES string of the molecule is CCCCN1C(=O)C(O)(CC(=O)c2c(C)cc(C)cc2C)c2ccccc21. The Morgan fingerprint density at radius 1 is 1.11 bits per heavy atom. The van der Waals surface area contributed by atoms with Crippen LogP contribution in [0.5, 0.6) is 0 Å². The second kappa shape index (κ2) is 7.28. The summed E-state index contributed by atoms with van der Waals surface area (Å²) in [5.74, 6) is -0.596. The van der Waals surface area contributed by atoms with Crippen LogP contribution in [-0.2, 0) is 10.4 Å². The quantitative estimate of drug-likeness (QED) is 0.780. The molecule has 4 heteroatoms.